The average Bonchev–Trinajstić information content (AvgIpc) is 2.95. The molecule has 3 rings (SSSR count). The summed E-state index contributed by atoms with van der Waals surface area (Å²) in [6, 6.07) is 9.80. The fourth-order valence-corrected chi connectivity index (χ4v) is 4.06. The van der Waals surface area contributed by atoms with Crippen LogP contribution >= 0.6 is 34.7 Å². The number of amides is 1. The fourth-order valence-electron chi connectivity index (χ4n) is 2.15. The van der Waals surface area contributed by atoms with Crippen LogP contribution in [-0.4, -0.2) is 11.1 Å². The van der Waals surface area contributed by atoms with Gasteiger partial charge in [-0.2, -0.15) is 0 Å². The summed E-state index contributed by atoms with van der Waals surface area (Å²) >= 11 is 8.69. The van der Waals surface area contributed by atoms with E-state index in [9.17, 15) is 4.79 Å². The van der Waals surface area contributed by atoms with Gasteiger partial charge < -0.3 is 5.32 Å². The van der Waals surface area contributed by atoms with E-state index in [1.54, 1.807) is 0 Å². The number of thioether (sulfide) groups is 1. The van der Waals surface area contributed by atoms with Gasteiger partial charge in [0.1, 0.15) is 0 Å². The van der Waals surface area contributed by atoms with E-state index in [1.807, 2.05) is 44.2 Å². The van der Waals surface area contributed by atoms with Crippen molar-refractivity contribution in [1.29, 1.82) is 0 Å². The number of thiophene rings is 1. The molecule has 1 aromatic heterocycles. The number of aryl methyl sites for hydroxylation is 2. The summed E-state index contributed by atoms with van der Waals surface area (Å²) in [5.74, 6) is -0.127. The Morgan fingerprint density at radius 2 is 1.91 bits per heavy atom. The van der Waals surface area contributed by atoms with Gasteiger partial charge in [0, 0.05) is 4.88 Å². The number of nitrogens with one attached hydrogen (secondary N) is 1. The molecule has 1 aliphatic rings. The van der Waals surface area contributed by atoms with E-state index in [1.165, 1.54) is 23.1 Å². The molecule has 6 heteroatoms. The lowest BCUT2D eigenvalue weighted by Crippen LogP contribution is -2.19. The Bertz CT molecular complexity index is 788. The van der Waals surface area contributed by atoms with Gasteiger partial charge in [-0.15, -0.1) is 11.3 Å². The van der Waals surface area contributed by atoms with Crippen LogP contribution in [0.15, 0.2) is 40.2 Å². The van der Waals surface area contributed by atoms with Crippen LogP contribution in [0, 0.1) is 13.8 Å². The van der Waals surface area contributed by atoms with Gasteiger partial charge in [0.25, 0.3) is 5.91 Å². The number of amidine groups is 1. The normalized spacial score (nSPS) is 18.2. The molecule has 1 fully saturated rings. The molecule has 0 aliphatic carbocycles. The lowest BCUT2D eigenvalue weighted by Gasteiger charge is -2.00. The number of hydrogen-bond donors (Lipinski definition) is 1. The van der Waals surface area contributed by atoms with Crippen molar-refractivity contribution in [3.8, 4) is 0 Å². The van der Waals surface area contributed by atoms with Gasteiger partial charge in [-0.25, -0.2) is 4.99 Å². The first kappa shape index (κ1) is 15.3. The molecule has 0 radical (unpaired) electrons. The second-order valence-corrected chi connectivity index (χ2v) is 7.75. The third-order valence-electron chi connectivity index (χ3n) is 2.96. The summed E-state index contributed by atoms with van der Waals surface area (Å²) in [5, 5.41) is 3.40. The molecule has 2 aromatic rings. The molecule has 22 heavy (non-hydrogen) atoms. The van der Waals surface area contributed by atoms with Gasteiger partial charge in [0.2, 0.25) is 0 Å². The zero-order valence-electron chi connectivity index (χ0n) is 12.0. The van der Waals surface area contributed by atoms with E-state index >= 15 is 0 Å². The smallest absolute Gasteiger partial charge is 0.264 e. The van der Waals surface area contributed by atoms with Gasteiger partial charge in [-0.05, 0) is 67.1 Å². The molecule has 1 aliphatic heterocycles. The van der Waals surface area contributed by atoms with Crippen LogP contribution in [0.2, 0.25) is 4.34 Å². The van der Waals surface area contributed by atoms with Crippen LogP contribution in [0.1, 0.15) is 16.0 Å². The predicted molar refractivity (Wildman–Crippen MR) is 96.1 cm³/mol. The van der Waals surface area contributed by atoms with Crippen molar-refractivity contribution < 1.29 is 4.79 Å². The predicted octanol–water partition coefficient (Wildman–Crippen LogP) is 4.91. The Morgan fingerprint density at radius 1 is 1.18 bits per heavy atom. The Morgan fingerprint density at radius 3 is 2.55 bits per heavy atom. The maximum absolute atomic E-state index is 12.0. The molecular weight excluding hydrogens is 336 g/mol. The van der Waals surface area contributed by atoms with E-state index < -0.39 is 0 Å². The third kappa shape index (κ3) is 3.61. The number of carbonyl (C=O) groups is 1. The minimum atomic E-state index is -0.127. The quantitative estimate of drug-likeness (QED) is 0.783. The van der Waals surface area contributed by atoms with Gasteiger partial charge >= 0.3 is 0 Å². The molecule has 0 bridgehead atoms. The number of halogens is 1. The molecular formula is C16H13ClN2OS2. The first-order valence-electron chi connectivity index (χ1n) is 6.63. The zero-order chi connectivity index (χ0) is 15.7. The number of carbonyl (C=O) groups excluding carboxylic acids is 1. The van der Waals surface area contributed by atoms with Gasteiger partial charge in [0.15, 0.2) is 5.17 Å². The van der Waals surface area contributed by atoms with Crippen molar-refractivity contribution in [2.45, 2.75) is 13.8 Å². The first-order chi connectivity index (χ1) is 10.5. The molecule has 3 nitrogen and oxygen atoms in total. The minimum absolute atomic E-state index is 0.127. The van der Waals surface area contributed by atoms with Crippen molar-refractivity contribution >= 4 is 57.5 Å². The summed E-state index contributed by atoms with van der Waals surface area (Å²) < 4.78 is 0.708. The van der Waals surface area contributed by atoms with Crippen molar-refractivity contribution in [2.24, 2.45) is 4.99 Å². The van der Waals surface area contributed by atoms with Crippen LogP contribution in [0.4, 0.5) is 5.69 Å². The van der Waals surface area contributed by atoms with Crippen molar-refractivity contribution in [1.82, 2.24) is 5.32 Å². The number of benzene rings is 1. The van der Waals surface area contributed by atoms with Crippen LogP contribution in [0.5, 0.6) is 0 Å². The van der Waals surface area contributed by atoms with Gasteiger partial charge in [-0.3, -0.25) is 4.79 Å². The first-order valence-corrected chi connectivity index (χ1v) is 8.64. The summed E-state index contributed by atoms with van der Waals surface area (Å²) in [4.78, 5) is 18.1. The largest absolute Gasteiger partial charge is 0.300 e. The Balaban J connectivity index is 1.85. The Hall–Kier alpha value is -1.56. The molecule has 2 heterocycles. The van der Waals surface area contributed by atoms with Crippen LogP contribution in [-0.2, 0) is 4.79 Å². The van der Waals surface area contributed by atoms with E-state index in [2.05, 4.69) is 16.4 Å². The SMILES string of the molecule is Cc1cc(C)cc(N=C2NC(=O)/C(=C/c3ccc(Cl)s3)S2)c1. The second-order valence-electron chi connectivity index (χ2n) is 4.97. The molecule has 0 atom stereocenters. The lowest BCUT2D eigenvalue weighted by molar-refractivity contribution is -0.115. The maximum Gasteiger partial charge on any atom is 0.264 e. The minimum Gasteiger partial charge on any atom is -0.300 e. The molecule has 1 saturated heterocycles. The number of aliphatic imine (C=N–C) groups is 1. The van der Waals surface area contributed by atoms with Gasteiger partial charge in [-0.1, -0.05) is 17.7 Å². The topological polar surface area (TPSA) is 41.5 Å². The molecule has 1 N–H and O–H groups in total. The van der Waals surface area contributed by atoms with Gasteiger partial charge in [0.05, 0.1) is 14.9 Å². The fraction of sp³-hybridized carbons (Fsp3) is 0.125. The van der Waals surface area contributed by atoms with Crippen LogP contribution in [0.25, 0.3) is 6.08 Å². The Kier molecular flexibility index (Phi) is 4.38. The molecule has 1 amide bonds. The molecule has 0 unspecified atom stereocenters. The standard InChI is InChI=1S/C16H13ClN2OS2/c1-9-5-10(2)7-11(6-9)18-16-19-15(20)13(22-16)8-12-3-4-14(17)21-12/h3-8H,1-2H3,(H,18,19,20)/b13-8-. The Labute approximate surface area is 142 Å². The molecule has 0 spiro atoms. The van der Waals surface area contributed by atoms with Crippen molar-refractivity contribution in [3.63, 3.8) is 0 Å². The number of nitrogens with zero attached hydrogens (tertiary/aromatic N) is 1. The number of rotatable bonds is 2. The van der Waals surface area contributed by atoms with E-state index in [4.69, 9.17) is 11.6 Å². The molecule has 112 valence electrons. The third-order valence-corrected chi connectivity index (χ3v) is 5.04. The van der Waals surface area contributed by atoms with E-state index in [0.717, 1.165) is 21.7 Å². The monoisotopic (exact) mass is 348 g/mol. The average molecular weight is 349 g/mol. The highest BCUT2D eigenvalue weighted by Crippen LogP contribution is 2.31. The van der Waals surface area contributed by atoms with E-state index in [0.29, 0.717) is 14.4 Å². The summed E-state index contributed by atoms with van der Waals surface area (Å²) in [7, 11) is 0. The summed E-state index contributed by atoms with van der Waals surface area (Å²) in [6.45, 7) is 4.06. The highest BCUT2D eigenvalue weighted by Gasteiger charge is 2.24. The molecule has 0 saturated carbocycles. The summed E-state index contributed by atoms with van der Waals surface area (Å²) in [6.07, 6.45) is 1.83. The van der Waals surface area contributed by atoms with Crippen molar-refractivity contribution in [3.05, 3.63) is 55.6 Å². The van der Waals surface area contributed by atoms with Crippen LogP contribution < -0.4 is 5.32 Å². The lowest BCUT2D eigenvalue weighted by atomic mass is 10.1. The second kappa shape index (κ2) is 6.28. The van der Waals surface area contributed by atoms with E-state index in [-0.39, 0.29) is 5.91 Å². The maximum atomic E-state index is 12.0. The zero-order valence-corrected chi connectivity index (χ0v) is 14.4. The number of hydrogen-bond acceptors (Lipinski definition) is 4. The van der Waals surface area contributed by atoms with Crippen LogP contribution in [0.3, 0.4) is 0 Å². The summed E-state index contributed by atoms with van der Waals surface area (Å²) in [5.41, 5.74) is 3.15. The highest BCUT2D eigenvalue weighted by molar-refractivity contribution is 8.18. The molecule has 1 aromatic carbocycles. The van der Waals surface area contributed by atoms with Crippen molar-refractivity contribution in [2.75, 3.05) is 0 Å². The highest BCUT2D eigenvalue weighted by atomic mass is 35.5.